The maximum atomic E-state index is 5.64. The molecule has 0 saturated heterocycles. The van der Waals surface area contributed by atoms with Crippen LogP contribution in [0.3, 0.4) is 0 Å². The van der Waals surface area contributed by atoms with Crippen LogP contribution in [-0.4, -0.2) is 23.2 Å². The Bertz CT molecular complexity index is 437. The average Bonchev–Trinajstić information content (AvgIpc) is 3.04. The van der Waals surface area contributed by atoms with Crippen LogP contribution in [0.25, 0.3) is 0 Å². The molecule has 0 bridgehead atoms. The van der Waals surface area contributed by atoms with Gasteiger partial charge in [-0.25, -0.2) is 0 Å². The largest absolute Gasteiger partial charge is 0.339 e. The molecule has 2 saturated carbocycles. The van der Waals surface area contributed by atoms with Gasteiger partial charge in [-0.15, -0.1) is 0 Å². The summed E-state index contributed by atoms with van der Waals surface area (Å²) in [6.45, 7) is 2.30. The Kier molecular flexibility index (Phi) is 4.94. The molecule has 118 valence electrons. The second kappa shape index (κ2) is 6.91. The zero-order valence-corrected chi connectivity index (χ0v) is 13.5. The second-order valence-electron chi connectivity index (χ2n) is 6.90. The summed E-state index contributed by atoms with van der Waals surface area (Å²) < 4.78 is 5.64. The fourth-order valence-electron chi connectivity index (χ4n) is 4.16. The van der Waals surface area contributed by atoms with E-state index < -0.39 is 0 Å². The molecule has 2 aliphatic carbocycles. The van der Waals surface area contributed by atoms with E-state index in [4.69, 9.17) is 9.51 Å². The van der Waals surface area contributed by atoms with Gasteiger partial charge in [0.1, 0.15) is 0 Å². The topological polar surface area (TPSA) is 51.0 Å². The summed E-state index contributed by atoms with van der Waals surface area (Å²) in [7, 11) is 2.05. The Morgan fingerprint density at radius 2 is 1.86 bits per heavy atom. The fraction of sp³-hybridized carbons (Fsp3) is 0.882. The average molecular weight is 291 g/mol. The van der Waals surface area contributed by atoms with Crippen LogP contribution in [0.5, 0.6) is 0 Å². The molecule has 2 fully saturated rings. The number of aromatic nitrogens is 2. The van der Waals surface area contributed by atoms with Gasteiger partial charge in [0.15, 0.2) is 5.82 Å². The zero-order valence-electron chi connectivity index (χ0n) is 13.5. The molecule has 1 aromatic rings. The van der Waals surface area contributed by atoms with Crippen LogP contribution in [0.1, 0.15) is 88.3 Å². The third-order valence-corrected chi connectivity index (χ3v) is 5.70. The first-order valence-electron chi connectivity index (χ1n) is 8.82. The smallest absolute Gasteiger partial charge is 0.231 e. The molecular weight excluding hydrogens is 262 g/mol. The van der Waals surface area contributed by atoms with Crippen molar-refractivity contribution in [3.8, 4) is 0 Å². The number of hydrogen-bond acceptors (Lipinski definition) is 4. The van der Waals surface area contributed by atoms with Gasteiger partial charge in [0, 0.05) is 12.0 Å². The standard InChI is InChI=1S/C17H29N3O/c1-3-12-8-10-13(11-9-12)16-19-17(21-20-16)14-6-4-5-7-15(14)18-2/h12-15,18H,3-11H2,1-2H3. The lowest BCUT2D eigenvalue weighted by Crippen LogP contribution is -2.34. The first kappa shape index (κ1) is 15.0. The van der Waals surface area contributed by atoms with Crippen molar-refractivity contribution in [3.63, 3.8) is 0 Å². The van der Waals surface area contributed by atoms with Gasteiger partial charge in [0.25, 0.3) is 0 Å². The first-order chi connectivity index (χ1) is 10.3. The van der Waals surface area contributed by atoms with Crippen molar-refractivity contribution in [2.75, 3.05) is 7.05 Å². The maximum absolute atomic E-state index is 5.64. The van der Waals surface area contributed by atoms with E-state index in [9.17, 15) is 0 Å². The van der Waals surface area contributed by atoms with Crippen molar-refractivity contribution in [2.45, 2.75) is 82.6 Å². The summed E-state index contributed by atoms with van der Waals surface area (Å²) in [5, 5.41) is 7.75. The van der Waals surface area contributed by atoms with Crippen LogP contribution in [0.4, 0.5) is 0 Å². The fourth-order valence-corrected chi connectivity index (χ4v) is 4.16. The van der Waals surface area contributed by atoms with E-state index in [1.54, 1.807) is 0 Å². The van der Waals surface area contributed by atoms with Gasteiger partial charge >= 0.3 is 0 Å². The molecule has 2 unspecified atom stereocenters. The van der Waals surface area contributed by atoms with E-state index in [0.29, 0.717) is 17.9 Å². The van der Waals surface area contributed by atoms with Crippen LogP contribution in [0, 0.1) is 5.92 Å². The minimum Gasteiger partial charge on any atom is -0.339 e. The van der Waals surface area contributed by atoms with Gasteiger partial charge < -0.3 is 9.84 Å². The zero-order chi connectivity index (χ0) is 14.7. The molecular formula is C17H29N3O. The number of nitrogens with zero attached hydrogens (tertiary/aromatic N) is 2. The molecule has 0 radical (unpaired) electrons. The predicted octanol–water partition coefficient (Wildman–Crippen LogP) is 4.00. The van der Waals surface area contributed by atoms with E-state index >= 15 is 0 Å². The minimum absolute atomic E-state index is 0.414. The number of nitrogens with one attached hydrogen (secondary N) is 1. The highest BCUT2D eigenvalue weighted by atomic mass is 16.5. The number of rotatable bonds is 4. The van der Waals surface area contributed by atoms with E-state index in [0.717, 1.165) is 17.6 Å². The van der Waals surface area contributed by atoms with E-state index in [2.05, 4.69) is 17.4 Å². The Morgan fingerprint density at radius 1 is 1.10 bits per heavy atom. The SMILES string of the molecule is CCC1CCC(c2noc(C3CCCCC3NC)n2)CC1. The summed E-state index contributed by atoms with van der Waals surface area (Å²) in [5.41, 5.74) is 0. The van der Waals surface area contributed by atoms with Crippen molar-refractivity contribution < 1.29 is 4.52 Å². The predicted molar refractivity (Wildman–Crippen MR) is 83.3 cm³/mol. The molecule has 1 heterocycles. The summed E-state index contributed by atoms with van der Waals surface area (Å²) in [6, 6.07) is 0.503. The molecule has 0 aromatic carbocycles. The third kappa shape index (κ3) is 3.31. The molecule has 1 aromatic heterocycles. The van der Waals surface area contributed by atoms with Crippen LogP contribution >= 0.6 is 0 Å². The second-order valence-corrected chi connectivity index (χ2v) is 6.90. The number of likely N-dealkylation sites (N-methyl/N-ethyl adjacent to an activating group) is 1. The highest BCUT2D eigenvalue weighted by molar-refractivity contribution is 5.04. The maximum Gasteiger partial charge on any atom is 0.231 e. The van der Waals surface area contributed by atoms with Crippen molar-refractivity contribution >= 4 is 0 Å². The molecule has 1 N–H and O–H groups in total. The van der Waals surface area contributed by atoms with Gasteiger partial charge in [-0.2, -0.15) is 4.98 Å². The van der Waals surface area contributed by atoms with Crippen LogP contribution < -0.4 is 5.32 Å². The van der Waals surface area contributed by atoms with Crippen molar-refractivity contribution in [2.24, 2.45) is 5.92 Å². The lowest BCUT2D eigenvalue weighted by molar-refractivity contribution is 0.266. The summed E-state index contributed by atoms with van der Waals surface area (Å²) in [4.78, 5) is 4.79. The van der Waals surface area contributed by atoms with E-state index in [-0.39, 0.29) is 0 Å². The van der Waals surface area contributed by atoms with E-state index in [1.807, 2.05) is 7.05 Å². The van der Waals surface area contributed by atoms with Crippen molar-refractivity contribution in [1.29, 1.82) is 0 Å². The minimum atomic E-state index is 0.414. The van der Waals surface area contributed by atoms with Crippen molar-refractivity contribution in [3.05, 3.63) is 11.7 Å². The quantitative estimate of drug-likeness (QED) is 0.911. The Morgan fingerprint density at radius 3 is 2.57 bits per heavy atom. The lowest BCUT2D eigenvalue weighted by Gasteiger charge is -2.28. The van der Waals surface area contributed by atoms with Crippen LogP contribution in [0.2, 0.25) is 0 Å². The van der Waals surface area contributed by atoms with Crippen LogP contribution in [0.15, 0.2) is 4.52 Å². The van der Waals surface area contributed by atoms with E-state index in [1.165, 1.54) is 57.8 Å². The number of hydrogen-bond donors (Lipinski definition) is 1. The molecule has 2 aliphatic rings. The van der Waals surface area contributed by atoms with Crippen molar-refractivity contribution in [1.82, 2.24) is 15.5 Å². The normalized spacial score (nSPS) is 34.0. The molecule has 21 heavy (non-hydrogen) atoms. The molecule has 3 rings (SSSR count). The Labute approximate surface area is 128 Å². The Balaban J connectivity index is 1.66. The molecule has 0 spiro atoms. The molecule has 0 amide bonds. The van der Waals surface area contributed by atoms with Gasteiger partial charge in [-0.05, 0) is 51.5 Å². The molecule has 2 atom stereocenters. The lowest BCUT2D eigenvalue weighted by atomic mass is 9.80. The highest BCUT2D eigenvalue weighted by Crippen LogP contribution is 2.37. The molecule has 4 heteroatoms. The highest BCUT2D eigenvalue weighted by Gasteiger charge is 2.31. The molecule has 0 aliphatic heterocycles. The third-order valence-electron chi connectivity index (χ3n) is 5.70. The monoisotopic (exact) mass is 291 g/mol. The van der Waals surface area contributed by atoms with Crippen LogP contribution in [-0.2, 0) is 0 Å². The Hall–Kier alpha value is -0.900. The van der Waals surface area contributed by atoms with Gasteiger partial charge in [-0.3, -0.25) is 0 Å². The summed E-state index contributed by atoms with van der Waals surface area (Å²) >= 11 is 0. The van der Waals surface area contributed by atoms with Gasteiger partial charge in [0.05, 0.1) is 5.92 Å². The van der Waals surface area contributed by atoms with Gasteiger partial charge in [0.2, 0.25) is 5.89 Å². The molecule has 4 nitrogen and oxygen atoms in total. The van der Waals surface area contributed by atoms with Gasteiger partial charge in [-0.1, -0.05) is 31.3 Å². The summed E-state index contributed by atoms with van der Waals surface area (Å²) in [6.07, 6.45) is 11.4. The summed E-state index contributed by atoms with van der Waals surface area (Å²) in [5.74, 6) is 3.71. The first-order valence-corrected chi connectivity index (χ1v) is 8.82.